The normalized spacial score (nSPS) is 11.2. The molecule has 0 saturated carbocycles. The first kappa shape index (κ1) is 11.2. The summed E-state index contributed by atoms with van der Waals surface area (Å²) < 4.78 is 51.1. The third-order valence-corrected chi connectivity index (χ3v) is 1.35. The predicted molar refractivity (Wildman–Crippen MR) is 39.7 cm³/mol. The van der Waals surface area contributed by atoms with Gasteiger partial charge in [-0.3, -0.25) is 10.1 Å². The topological polar surface area (TPSA) is 52.4 Å². The Bertz CT molecular complexity index is 390. The van der Waals surface area contributed by atoms with Crippen molar-refractivity contribution in [1.29, 1.82) is 0 Å². The minimum absolute atomic E-state index is 0.348. The number of rotatable bonds is 2. The lowest BCUT2D eigenvalue weighted by Crippen LogP contribution is -2.17. The molecule has 0 bridgehead atoms. The van der Waals surface area contributed by atoms with E-state index in [1.54, 1.807) is 0 Å². The molecule has 0 aromatic heterocycles. The highest BCUT2D eigenvalue weighted by Crippen LogP contribution is 2.27. The van der Waals surface area contributed by atoms with Gasteiger partial charge < -0.3 is 4.74 Å². The van der Waals surface area contributed by atoms with Gasteiger partial charge in [0, 0.05) is 6.07 Å². The summed E-state index contributed by atoms with van der Waals surface area (Å²) in [5.74, 6) is -2.55. The van der Waals surface area contributed by atoms with Gasteiger partial charge >= 0.3 is 6.36 Å². The zero-order valence-corrected chi connectivity index (χ0v) is 6.92. The minimum atomic E-state index is -5.03. The maximum absolute atomic E-state index is 12.8. The van der Waals surface area contributed by atoms with Crippen LogP contribution >= 0.6 is 0 Å². The lowest BCUT2D eigenvalue weighted by molar-refractivity contribution is -0.385. The number of alkyl halides is 3. The molecule has 82 valence electrons. The molecule has 0 heterocycles. The van der Waals surface area contributed by atoms with Crippen molar-refractivity contribution in [1.82, 2.24) is 0 Å². The average Bonchev–Trinajstić information content (AvgIpc) is 2.05. The Morgan fingerprint density at radius 1 is 1.33 bits per heavy atom. The summed E-state index contributed by atoms with van der Waals surface area (Å²) >= 11 is 0. The Kier molecular flexibility index (Phi) is 2.78. The van der Waals surface area contributed by atoms with Gasteiger partial charge in [-0.05, 0) is 6.07 Å². The molecule has 0 saturated heterocycles. The van der Waals surface area contributed by atoms with Crippen LogP contribution in [0, 0.1) is 15.9 Å². The van der Waals surface area contributed by atoms with Gasteiger partial charge in [-0.1, -0.05) is 0 Å². The monoisotopic (exact) mass is 225 g/mol. The van der Waals surface area contributed by atoms with Crippen LogP contribution in [-0.4, -0.2) is 11.3 Å². The molecule has 0 radical (unpaired) electrons. The van der Waals surface area contributed by atoms with Crippen molar-refractivity contribution < 1.29 is 27.2 Å². The fourth-order valence-corrected chi connectivity index (χ4v) is 0.811. The maximum Gasteiger partial charge on any atom is 0.573 e. The van der Waals surface area contributed by atoms with Crippen molar-refractivity contribution in [2.45, 2.75) is 6.36 Å². The quantitative estimate of drug-likeness (QED) is 0.441. The van der Waals surface area contributed by atoms with Crippen LogP contribution in [0.15, 0.2) is 18.2 Å². The second-order valence-electron chi connectivity index (χ2n) is 2.42. The van der Waals surface area contributed by atoms with Crippen molar-refractivity contribution >= 4 is 5.69 Å². The van der Waals surface area contributed by atoms with Gasteiger partial charge in [0.2, 0.25) is 0 Å². The molecule has 0 N–H and O–H groups in total. The Morgan fingerprint density at radius 2 is 1.93 bits per heavy atom. The van der Waals surface area contributed by atoms with Crippen molar-refractivity contribution in [3.63, 3.8) is 0 Å². The van der Waals surface area contributed by atoms with Gasteiger partial charge in [-0.25, -0.2) is 4.39 Å². The van der Waals surface area contributed by atoms with Crippen LogP contribution in [0.4, 0.5) is 23.2 Å². The molecular formula is C7H3F4NO3. The fourth-order valence-electron chi connectivity index (χ4n) is 0.811. The molecule has 0 atom stereocenters. The van der Waals surface area contributed by atoms with E-state index in [-0.39, 0.29) is 0 Å². The van der Waals surface area contributed by atoms with E-state index >= 15 is 0 Å². The standard InChI is InChI=1S/C7H3F4NO3/c8-5-3-4(12(13)14)1-2-6(5)15-7(9,10)11/h1-3H. The summed E-state index contributed by atoms with van der Waals surface area (Å²) in [7, 11) is 0. The van der Waals surface area contributed by atoms with E-state index in [0.717, 1.165) is 0 Å². The van der Waals surface area contributed by atoms with Crippen LogP contribution in [0.3, 0.4) is 0 Å². The zero-order chi connectivity index (χ0) is 11.6. The van der Waals surface area contributed by atoms with Crippen LogP contribution in [0.5, 0.6) is 5.75 Å². The van der Waals surface area contributed by atoms with Crippen molar-refractivity contribution in [3.8, 4) is 5.75 Å². The SMILES string of the molecule is O=[N+]([O-])c1ccc(OC(F)(F)F)c(F)c1. The van der Waals surface area contributed by atoms with E-state index < -0.39 is 28.5 Å². The van der Waals surface area contributed by atoms with E-state index in [2.05, 4.69) is 4.74 Å². The second kappa shape index (κ2) is 3.71. The van der Waals surface area contributed by atoms with Gasteiger partial charge in [-0.15, -0.1) is 13.2 Å². The highest BCUT2D eigenvalue weighted by Gasteiger charge is 2.32. The summed E-state index contributed by atoms with van der Waals surface area (Å²) in [6, 6.07) is 1.60. The van der Waals surface area contributed by atoms with Gasteiger partial charge in [0.15, 0.2) is 11.6 Å². The average molecular weight is 225 g/mol. The van der Waals surface area contributed by atoms with Crippen LogP contribution in [-0.2, 0) is 0 Å². The predicted octanol–water partition coefficient (Wildman–Crippen LogP) is 2.63. The Balaban J connectivity index is 2.99. The lowest BCUT2D eigenvalue weighted by atomic mass is 10.3. The molecule has 0 spiro atoms. The van der Waals surface area contributed by atoms with Crippen molar-refractivity contribution in [2.24, 2.45) is 0 Å². The fraction of sp³-hybridized carbons (Fsp3) is 0.143. The summed E-state index contributed by atoms with van der Waals surface area (Å²) in [5, 5.41) is 10.1. The van der Waals surface area contributed by atoms with Crippen molar-refractivity contribution in [3.05, 3.63) is 34.1 Å². The number of benzene rings is 1. The molecule has 8 heteroatoms. The molecule has 0 amide bonds. The van der Waals surface area contributed by atoms with E-state index in [9.17, 15) is 27.7 Å². The maximum atomic E-state index is 12.8. The van der Waals surface area contributed by atoms with Crippen LogP contribution < -0.4 is 4.74 Å². The van der Waals surface area contributed by atoms with Crippen LogP contribution in [0.25, 0.3) is 0 Å². The lowest BCUT2D eigenvalue weighted by Gasteiger charge is -2.08. The van der Waals surface area contributed by atoms with Gasteiger partial charge in [0.05, 0.1) is 11.0 Å². The number of halogens is 4. The van der Waals surface area contributed by atoms with E-state index in [0.29, 0.717) is 18.2 Å². The molecule has 0 unspecified atom stereocenters. The summed E-state index contributed by atoms with van der Waals surface area (Å²) in [4.78, 5) is 9.20. The third kappa shape index (κ3) is 3.08. The molecule has 0 aliphatic carbocycles. The first-order valence-electron chi connectivity index (χ1n) is 3.49. The highest BCUT2D eigenvalue weighted by atomic mass is 19.4. The van der Waals surface area contributed by atoms with Crippen LogP contribution in [0.2, 0.25) is 0 Å². The number of nitro groups is 1. The van der Waals surface area contributed by atoms with E-state index in [1.807, 2.05) is 0 Å². The summed E-state index contributed by atoms with van der Waals surface area (Å²) in [5.41, 5.74) is -0.651. The Morgan fingerprint density at radius 3 is 2.33 bits per heavy atom. The number of hydrogen-bond donors (Lipinski definition) is 0. The molecule has 1 rings (SSSR count). The van der Waals surface area contributed by atoms with Crippen LogP contribution in [0.1, 0.15) is 0 Å². The Labute approximate surface area is 80.2 Å². The van der Waals surface area contributed by atoms with Crippen molar-refractivity contribution in [2.75, 3.05) is 0 Å². The molecule has 0 aliphatic heterocycles. The highest BCUT2D eigenvalue weighted by molar-refractivity contribution is 5.37. The Hall–Kier alpha value is -1.86. The smallest absolute Gasteiger partial charge is 0.403 e. The number of non-ortho nitro benzene ring substituents is 1. The minimum Gasteiger partial charge on any atom is -0.403 e. The van der Waals surface area contributed by atoms with Gasteiger partial charge in [0.25, 0.3) is 5.69 Å². The largest absolute Gasteiger partial charge is 0.573 e. The van der Waals surface area contributed by atoms with Gasteiger partial charge in [0.1, 0.15) is 0 Å². The molecule has 0 fully saturated rings. The summed E-state index contributed by atoms with van der Waals surface area (Å²) in [6.07, 6.45) is -5.03. The third-order valence-electron chi connectivity index (χ3n) is 1.35. The van der Waals surface area contributed by atoms with E-state index in [1.165, 1.54) is 0 Å². The molecule has 1 aromatic rings. The first-order chi connectivity index (χ1) is 6.79. The summed E-state index contributed by atoms with van der Waals surface area (Å²) in [6.45, 7) is 0. The zero-order valence-electron chi connectivity index (χ0n) is 6.92. The molecule has 1 aromatic carbocycles. The first-order valence-corrected chi connectivity index (χ1v) is 3.49. The molecule has 4 nitrogen and oxygen atoms in total. The molecule has 15 heavy (non-hydrogen) atoms. The number of hydrogen-bond acceptors (Lipinski definition) is 3. The molecule has 0 aliphatic rings. The number of nitrogens with zero attached hydrogens (tertiary/aromatic N) is 1. The molecular weight excluding hydrogens is 222 g/mol. The van der Waals surface area contributed by atoms with E-state index in [4.69, 9.17) is 0 Å². The number of ether oxygens (including phenoxy) is 1. The van der Waals surface area contributed by atoms with Gasteiger partial charge in [-0.2, -0.15) is 0 Å². The number of nitro benzene ring substituents is 1. The second-order valence-corrected chi connectivity index (χ2v) is 2.42.